The Morgan fingerprint density at radius 2 is 1.62 bits per heavy atom. The Labute approximate surface area is 98.9 Å². The Bertz CT molecular complexity index is 175. The molecule has 2 aliphatic rings. The maximum absolute atomic E-state index is 5.38. The molecule has 2 aliphatic heterocycles. The summed E-state index contributed by atoms with van der Waals surface area (Å²) in [4.78, 5) is 3.59. The van der Waals surface area contributed by atoms with Gasteiger partial charge in [0.1, 0.15) is 26.2 Å². The first-order valence-electron chi connectivity index (χ1n) is 7.02. The summed E-state index contributed by atoms with van der Waals surface area (Å²) in [6, 6.07) is 0. The second-order valence-electron chi connectivity index (χ2n) is 5.19. The molecule has 0 aromatic heterocycles. The standard InChI is InChI=1S/C12H25N3O/c1-3-13-4-8-14(5-1)6-2-7-15-9-11-16-12-10-15/h13H,1-12H2/p+3. The van der Waals surface area contributed by atoms with Crippen LogP contribution in [-0.2, 0) is 4.74 Å². The van der Waals surface area contributed by atoms with Crippen molar-refractivity contribution in [2.45, 2.75) is 12.8 Å². The van der Waals surface area contributed by atoms with Crippen LogP contribution in [0.15, 0.2) is 0 Å². The molecule has 2 saturated heterocycles. The van der Waals surface area contributed by atoms with Crippen molar-refractivity contribution in [3.05, 3.63) is 0 Å². The zero-order valence-corrected chi connectivity index (χ0v) is 10.5. The van der Waals surface area contributed by atoms with Crippen molar-refractivity contribution in [3.8, 4) is 0 Å². The number of nitrogens with one attached hydrogen (secondary N) is 2. The average Bonchev–Trinajstić information content (AvgIpc) is 2.59. The number of ether oxygens (including phenoxy) is 1. The predicted molar refractivity (Wildman–Crippen MR) is 62.8 cm³/mol. The molecule has 0 aliphatic carbocycles. The van der Waals surface area contributed by atoms with Crippen LogP contribution in [0.5, 0.6) is 0 Å². The van der Waals surface area contributed by atoms with Gasteiger partial charge in [-0.2, -0.15) is 0 Å². The van der Waals surface area contributed by atoms with Gasteiger partial charge in [-0.05, 0) is 0 Å². The zero-order chi connectivity index (χ0) is 11.1. The van der Waals surface area contributed by atoms with Crippen LogP contribution >= 0.6 is 0 Å². The molecule has 2 rings (SSSR count). The fourth-order valence-corrected chi connectivity index (χ4v) is 2.82. The first kappa shape index (κ1) is 12.3. The molecule has 0 bridgehead atoms. The van der Waals surface area contributed by atoms with Gasteiger partial charge in [0.05, 0.1) is 39.4 Å². The van der Waals surface area contributed by atoms with Crippen molar-refractivity contribution >= 4 is 0 Å². The molecule has 94 valence electrons. The van der Waals surface area contributed by atoms with E-state index in [4.69, 9.17) is 4.74 Å². The Balaban J connectivity index is 1.55. The number of quaternary nitrogens is 3. The lowest BCUT2D eigenvalue weighted by molar-refractivity contribution is -0.925. The molecule has 0 aromatic rings. The first-order chi connectivity index (χ1) is 7.95. The molecule has 0 saturated carbocycles. The Hall–Kier alpha value is -0.160. The smallest absolute Gasteiger partial charge is 0.127 e. The molecule has 0 amide bonds. The highest BCUT2D eigenvalue weighted by Gasteiger charge is 2.16. The zero-order valence-electron chi connectivity index (χ0n) is 10.5. The summed E-state index contributed by atoms with van der Waals surface area (Å²) < 4.78 is 5.38. The first-order valence-corrected chi connectivity index (χ1v) is 7.02. The molecule has 4 N–H and O–H groups in total. The number of hydrogen-bond acceptors (Lipinski definition) is 1. The maximum atomic E-state index is 5.38. The summed E-state index contributed by atoms with van der Waals surface area (Å²) in [6.45, 7) is 12.6. The maximum Gasteiger partial charge on any atom is 0.127 e. The highest BCUT2D eigenvalue weighted by Crippen LogP contribution is 1.77. The molecule has 1 unspecified atom stereocenters. The van der Waals surface area contributed by atoms with E-state index in [0.717, 1.165) is 13.2 Å². The fraction of sp³-hybridized carbons (Fsp3) is 1.00. The van der Waals surface area contributed by atoms with E-state index in [-0.39, 0.29) is 0 Å². The van der Waals surface area contributed by atoms with Gasteiger partial charge in [0.25, 0.3) is 0 Å². The summed E-state index contributed by atoms with van der Waals surface area (Å²) in [6.07, 6.45) is 2.80. The van der Waals surface area contributed by atoms with Crippen molar-refractivity contribution in [2.75, 3.05) is 65.6 Å². The van der Waals surface area contributed by atoms with Crippen molar-refractivity contribution in [1.82, 2.24) is 0 Å². The number of hydrogen-bond donors (Lipinski definition) is 3. The van der Waals surface area contributed by atoms with Gasteiger partial charge < -0.3 is 19.9 Å². The molecule has 2 heterocycles. The lowest BCUT2D eigenvalue weighted by atomic mass is 10.3. The van der Waals surface area contributed by atoms with Crippen molar-refractivity contribution in [2.24, 2.45) is 0 Å². The Morgan fingerprint density at radius 1 is 0.875 bits per heavy atom. The largest absolute Gasteiger partial charge is 0.370 e. The van der Waals surface area contributed by atoms with Crippen LogP contribution < -0.4 is 15.1 Å². The molecule has 4 nitrogen and oxygen atoms in total. The summed E-state index contributed by atoms with van der Waals surface area (Å²) in [5.74, 6) is 0. The Kier molecular flexibility index (Phi) is 5.55. The van der Waals surface area contributed by atoms with Crippen LogP contribution in [0.3, 0.4) is 0 Å². The van der Waals surface area contributed by atoms with Crippen LogP contribution in [0.4, 0.5) is 0 Å². The van der Waals surface area contributed by atoms with Crippen molar-refractivity contribution < 1.29 is 19.9 Å². The summed E-state index contributed by atoms with van der Waals surface area (Å²) in [5, 5.41) is 2.47. The average molecular weight is 230 g/mol. The van der Waals surface area contributed by atoms with Gasteiger partial charge in [-0.3, -0.25) is 0 Å². The third kappa shape index (κ3) is 4.37. The molecule has 0 radical (unpaired) electrons. The molecule has 4 heteroatoms. The van der Waals surface area contributed by atoms with Crippen LogP contribution in [0.2, 0.25) is 0 Å². The van der Waals surface area contributed by atoms with Crippen LogP contribution in [0.25, 0.3) is 0 Å². The van der Waals surface area contributed by atoms with E-state index in [1.165, 1.54) is 65.2 Å². The third-order valence-corrected chi connectivity index (χ3v) is 3.90. The molecular formula is C12H28N3O+3. The number of morpholine rings is 1. The topological polar surface area (TPSA) is 34.7 Å². The number of nitrogens with two attached hydrogens (primary N) is 1. The molecule has 0 aromatic carbocycles. The lowest BCUT2D eigenvalue weighted by Crippen LogP contribution is -3.16. The quantitative estimate of drug-likeness (QED) is 0.454. The van der Waals surface area contributed by atoms with Gasteiger partial charge >= 0.3 is 0 Å². The van der Waals surface area contributed by atoms with E-state index in [1.54, 1.807) is 4.90 Å². The van der Waals surface area contributed by atoms with E-state index in [0.29, 0.717) is 0 Å². The molecule has 16 heavy (non-hydrogen) atoms. The minimum absolute atomic E-state index is 0.973. The minimum Gasteiger partial charge on any atom is -0.370 e. The lowest BCUT2D eigenvalue weighted by Gasteiger charge is -2.24. The van der Waals surface area contributed by atoms with Gasteiger partial charge in [0, 0.05) is 12.8 Å². The van der Waals surface area contributed by atoms with E-state index in [9.17, 15) is 0 Å². The second-order valence-corrected chi connectivity index (χ2v) is 5.19. The Morgan fingerprint density at radius 3 is 2.44 bits per heavy atom. The van der Waals surface area contributed by atoms with Gasteiger partial charge in [-0.1, -0.05) is 0 Å². The summed E-state index contributed by atoms with van der Waals surface area (Å²) in [7, 11) is 0. The van der Waals surface area contributed by atoms with E-state index >= 15 is 0 Å². The SMILES string of the molecule is C1C[NH2+]CC[NH+](CCC[NH+]2CCOCC2)C1. The van der Waals surface area contributed by atoms with Gasteiger partial charge in [0.15, 0.2) is 0 Å². The molecule has 1 atom stereocenters. The van der Waals surface area contributed by atoms with E-state index in [1.807, 2.05) is 4.90 Å². The minimum atomic E-state index is 0.973. The van der Waals surface area contributed by atoms with E-state index in [2.05, 4.69) is 5.32 Å². The van der Waals surface area contributed by atoms with Gasteiger partial charge in [-0.15, -0.1) is 0 Å². The van der Waals surface area contributed by atoms with Crippen LogP contribution in [0, 0.1) is 0 Å². The third-order valence-electron chi connectivity index (χ3n) is 3.90. The van der Waals surface area contributed by atoms with Crippen LogP contribution in [-0.4, -0.2) is 65.6 Å². The van der Waals surface area contributed by atoms with Crippen molar-refractivity contribution in [1.29, 1.82) is 0 Å². The van der Waals surface area contributed by atoms with Crippen molar-refractivity contribution in [3.63, 3.8) is 0 Å². The normalized spacial score (nSPS) is 28.9. The van der Waals surface area contributed by atoms with Gasteiger partial charge in [0.2, 0.25) is 0 Å². The number of rotatable bonds is 4. The second kappa shape index (κ2) is 7.22. The highest BCUT2D eigenvalue weighted by molar-refractivity contribution is 4.42. The highest BCUT2D eigenvalue weighted by atomic mass is 16.5. The monoisotopic (exact) mass is 230 g/mol. The fourth-order valence-electron chi connectivity index (χ4n) is 2.82. The van der Waals surface area contributed by atoms with Crippen LogP contribution in [0.1, 0.15) is 12.8 Å². The van der Waals surface area contributed by atoms with Gasteiger partial charge in [-0.25, -0.2) is 0 Å². The summed E-state index contributed by atoms with van der Waals surface area (Å²) in [5.41, 5.74) is 0. The predicted octanol–water partition coefficient (Wildman–Crippen LogP) is -3.86. The molecule has 0 spiro atoms. The van der Waals surface area contributed by atoms with E-state index < -0.39 is 0 Å². The molecule has 2 fully saturated rings. The summed E-state index contributed by atoms with van der Waals surface area (Å²) >= 11 is 0. The molecular weight excluding hydrogens is 202 g/mol.